The molecule has 3 nitrogen and oxygen atoms in total. The van der Waals surface area contributed by atoms with Crippen LogP contribution in [0, 0.1) is 0 Å². The van der Waals surface area contributed by atoms with Gasteiger partial charge in [0.05, 0.1) is 12.9 Å². The van der Waals surface area contributed by atoms with Crippen molar-refractivity contribution in [3.8, 4) is 0 Å². The number of halogens is 3. The Morgan fingerprint density at radius 3 is 2.72 bits per heavy atom. The lowest BCUT2D eigenvalue weighted by molar-refractivity contribution is -0.305. The van der Waals surface area contributed by atoms with E-state index < -0.39 is 6.36 Å². The van der Waals surface area contributed by atoms with Gasteiger partial charge in [0.2, 0.25) is 0 Å². The predicted molar refractivity (Wildman–Crippen MR) is 63.8 cm³/mol. The lowest BCUT2D eigenvalue weighted by atomic mass is 10.1. The zero-order chi connectivity index (χ0) is 13.6. The molecule has 98 valence electrons. The Morgan fingerprint density at radius 2 is 2.22 bits per heavy atom. The largest absolute Gasteiger partial charge is 0.572 e. The molecule has 1 aliphatic rings. The molecule has 0 aromatic carbocycles. The van der Waals surface area contributed by atoms with Crippen LogP contribution >= 0.6 is 0 Å². The number of hydrogen-bond donors (Lipinski definition) is 1. The monoisotopic (exact) mass is 258 g/mol. The molecule has 0 aliphatic carbocycles. The van der Waals surface area contributed by atoms with Crippen molar-refractivity contribution in [3.63, 3.8) is 0 Å². The van der Waals surface area contributed by atoms with E-state index >= 15 is 0 Å². The molecule has 1 rings (SSSR count). The SMILES string of the molecule is C=C/C(=C\C=C(/C)OC(F)(F)F)C1=CCN=CN1. The molecule has 0 fully saturated rings. The molecular weight excluding hydrogens is 245 g/mol. The lowest BCUT2D eigenvalue weighted by Crippen LogP contribution is -2.16. The Kier molecular flexibility index (Phi) is 4.76. The molecule has 6 heteroatoms. The second-order valence-electron chi connectivity index (χ2n) is 3.41. The van der Waals surface area contributed by atoms with E-state index in [0.29, 0.717) is 12.1 Å². The number of rotatable bonds is 4. The molecule has 0 unspecified atom stereocenters. The van der Waals surface area contributed by atoms with Crippen LogP contribution < -0.4 is 5.32 Å². The topological polar surface area (TPSA) is 33.6 Å². The van der Waals surface area contributed by atoms with Gasteiger partial charge in [-0.3, -0.25) is 4.99 Å². The molecule has 0 radical (unpaired) electrons. The van der Waals surface area contributed by atoms with Gasteiger partial charge in [0.1, 0.15) is 5.76 Å². The first-order chi connectivity index (χ1) is 8.42. The Balaban J connectivity index is 2.76. The molecule has 0 aromatic rings. The molecule has 0 atom stereocenters. The summed E-state index contributed by atoms with van der Waals surface area (Å²) in [5.74, 6) is -0.244. The highest BCUT2D eigenvalue weighted by atomic mass is 19.4. The van der Waals surface area contributed by atoms with Gasteiger partial charge in [-0.15, -0.1) is 13.2 Å². The summed E-state index contributed by atoms with van der Waals surface area (Å²) in [7, 11) is 0. The first-order valence-corrected chi connectivity index (χ1v) is 5.14. The molecule has 0 spiro atoms. The van der Waals surface area contributed by atoms with Gasteiger partial charge in [0, 0.05) is 5.70 Å². The van der Waals surface area contributed by atoms with Crippen molar-refractivity contribution in [1.82, 2.24) is 5.32 Å². The highest BCUT2D eigenvalue weighted by Gasteiger charge is 2.30. The zero-order valence-electron chi connectivity index (χ0n) is 9.79. The molecular formula is C12H13F3N2O. The maximum atomic E-state index is 11.9. The number of ether oxygens (including phenoxy) is 1. The smallest absolute Gasteiger partial charge is 0.411 e. The fourth-order valence-electron chi connectivity index (χ4n) is 1.26. The molecule has 1 N–H and O–H groups in total. The number of nitrogens with zero attached hydrogens (tertiary/aromatic N) is 1. The Morgan fingerprint density at radius 1 is 1.50 bits per heavy atom. The van der Waals surface area contributed by atoms with Crippen LogP contribution in [0.1, 0.15) is 6.92 Å². The van der Waals surface area contributed by atoms with Crippen molar-refractivity contribution in [2.45, 2.75) is 13.3 Å². The summed E-state index contributed by atoms with van der Waals surface area (Å²) < 4.78 is 39.5. The van der Waals surface area contributed by atoms with Crippen LogP contribution in [0.25, 0.3) is 0 Å². The first kappa shape index (κ1) is 14.1. The summed E-state index contributed by atoms with van der Waals surface area (Å²) in [6.45, 7) is 5.36. The summed E-state index contributed by atoms with van der Waals surface area (Å²) in [6.07, 6.45) is 2.93. The molecule has 0 amide bonds. The third kappa shape index (κ3) is 4.90. The number of allylic oxidation sites excluding steroid dienone is 4. The summed E-state index contributed by atoms with van der Waals surface area (Å²) in [4.78, 5) is 3.92. The van der Waals surface area contributed by atoms with Crippen molar-refractivity contribution in [2.24, 2.45) is 4.99 Å². The zero-order valence-corrected chi connectivity index (χ0v) is 9.79. The van der Waals surface area contributed by atoms with Crippen molar-refractivity contribution in [3.05, 3.63) is 47.9 Å². The number of alkyl halides is 3. The van der Waals surface area contributed by atoms with Gasteiger partial charge < -0.3 is 10.1 Å². The minimum Gasteiger partial charge on any atom is -0.411 e. The maximum absolute atomic E-state index is 11.9. The normalized spacial score (nSPS) is 17.0. The van der Waals surface area contributed by atoms with Crippen LogP contribution in [0.2, 0.25) is 0 Å². The summed E-state index contributed by atoms with van der Waals surface area (Å²) in [5, 5.41) is 2.88. The quantitative estimate of drug-likeness (QED) is 0.621. The van der Waals surface area contributed by atoms with E-state index in [-0.39, 0.29) is 5.76 Å². The second-order valence-corrected chi connectivity index (χ2v) is 3.41. The Hall–Kier alpha value is -1.98. The van der Waals surface area contributed by atoms with Gasteiger partial charge in [0.15, 0.2) is 0 Å². The van der Waals surface area contributed by atoms with E-state index in [9.17, 15) is 13.2 Å². The van der Waals surface area contributed by atoms with E-state index in [1.807, 2.05) is 0 Å². The molecule has 0 aromatic heterocycles. The molecule has 0 saturated heterocycles. The molecule has 0 saturated carbocycles. The molecule has 1 aliphatic heterocycles. The lowest BCUT2D eigenvalue weighted by Gasteiger charge is -2.11. The van der Waals surface area contributed by atoms with E-state index in [0.717, 1.165) is 5.70 Å². The highest BCUT2D eigenvalue weighted by molar-refractivity contribution is 5.63. The van der Waals surface area contributed by atoms with Crippen molar-refractivity contribution in [1.29, 1.82) is 0 Å². The van der Waals surface area contributed by atoms with Crippen LogP contribution in [-0.4, -0.2) is 19.2 Å². The molecule has 18 heavy (non-hydrogen) atoms. The van der Waals surface area contributed by atoms with Gasteiger partial charge >= 0.3 is 6.36 Å². The van der Waals surface area contributed by atoms with E-state index in [4.69, 9.17) is 0 Å². The number of nitrogens with one attached hydrogen (secondary N) is 1. The van der Waals surface area contributed by atoms with Crippen LogP contribution in [0.15, 0.2) is 52.9 Å². The number of hydrogen-bond acceptors (Lipinski definition) is 3. The Labute approximate surface area is 103 Å². The van der Waals surface area contributed by atoms with E-state index in [1.165, 1.54) is 31.5 Å². The molecule has 1 heterocycles. The van der Waals surface area contributed by atoms with Gasteiger partial charge in [-0.25, -0.2) is 0 Å². The second kappa shape index (κ2) is 6.09. The molecule has 0 bridgehead atoms. The van der Waals surface area contributed by atoms with Crippen molar-refractivity contribution in [2.75, 3.05) is 6.54 Å². The average Bonchev–Trinajstić information content (AvgIpc) is 2.29. The van der Waals surface area contributed by atoms with Crippen molar-refractivity contribution < 1.29 is 17.9 Å². The van der Waals surface area contributed by atoms with Gasteiger partial charge in [-0.2, -0.15) is 0 Å². The third-order valence-corrected chi connectivity index (χ3v) is 2.02. The van der Waals surface area contributed by atoms with Crippen LogP contribution in [0.3, 0.4) is 0 Å². The standard InChI is InChI=1S/C12H13F3N2O/c1-3-10(11-6-7-16-8-17-11)5-4-9(2)18-12(13,14)15/h3-6,8H,1,7H2,2H3,(H,16,17)/b9-4+,10-5+. The fourth-order valence-corrected chi connectivity index (χ4v) is 1.26. The first-order valence-electron chi connectivity index (χ1n) is 5.14. The Bertz CT molecular complexity index is 431. The van der Waals surface area contributed by atoms with E-state index in [2.05, 4.69) is 21.6 Å². The van der Waals surface area contributed by atoms with Crippen LogP contribution in [0.4, 0.5) is 13.2 Å². The van der Waals surface area contributed by atoms with Crippen molar-refractivity contribution >= 4 is 6.34 Å². The summed E-state index contributed by atoms with van der Waals surface area (Å²) in [5.41, 5.74) is 1.40. The number of aliphatic imine (C=N–C) groups is 1. The van der Waals surface area contributed by atoms with Gasteiger partial charge in [-0.05, 0) is 30.7 Å². The van der Waals surface area contributed by atoms with Gasteiger partial charge in [-0.1, -0.05) is 12.7 Å². The van der Waals surface area contributed by atoms with Crippen LogP contribution in [0.5, 0.6) is 0 Å². The highest BCUT2D eigenvalue weighted by Crippen LogP contribution is 2.20. The van der Waals surface area contributed by atoms with E-state index in [1.54, 1.807) is 6.08 Å². The van der Waals surface area contributed by atoms with Crippen LogP contribution in [-0.2, 0) is 4.74 Å². The third-order valence-electron chi connectivity index (χ3n) is 2.02. The summed E-state index contributed by atoms with van der Waals surface area (Å²) >= 11 is 0. The predicted octanol–water partition coefficient (Wildman–Crippen LogP) is 3.05. The summed E-state index contributed by atoms with van der Waals surface area (Å²) in [6, 6.07) is 0. The fraction of sp³-hybridized carbons (Fsp3) is 0.250. The van der Waals surface area contributed by atoms with Gasteiger partial charge in [0.25, 0.3) is 0 Å². The minimum absolute atomic E-state index is 0.244. The minimum atomic E-state index is -4.67. The maximum Gasteiger partial charge on any atom is 0.572 e. The average molecular weight is 258 g/mol.